The lowest BCUT2D eigenvalue weighted by Gasteiger charge is -2.11. The predicted molar refractivity (Wildman–Crippen MR) is 37.3 cm³/mol. The molecule has 0 amide bonds. The Kier molecular flexibility index (Phi) is 4.72. The predicted octanol–water partition coefficient (Wildman–Crippen LogP) is 1.65. The molecule has 0 aliphatic carbocycles. The van der Waals surface area contributed by atoms with E-state index in [0.717, 1.165) is 6.61 Å². The van der Waals surface area contributed by atoms with Gasteiger partial charge in [-0.1, -0.05) is 13.8 Å². The molecule has 0 aliphatic rings. The maximum absolute atomic E-state index is 5.23. The highest BCUT2D eigenvalue weighted by atomic mass is 16.7. The number of ether oxygens (including phenoxy) is 2. The van der Waals surface area contributed by atoms with Gasteiger partial charge < -0.3 is 9.47 Å². The van der Waals surface area contributed by atoms with Crippen molar-refractivity contribution < 1.29 is 9.47 Å². The van der Waals surface area contributed by atoms with Gasteiger partial charge in [0.15, 0.2) is 6.29 Å². The van der Waals surface area contributed by atoms with E-state index in [2.05, 4.69) is 13.8 Å². The summed E-state index contributed by atoms with van der Waals surface area (Å²) in [4.78, 5) is 0. The van der Waals surface area contributed by atoms with Crippen molar-refractivity contribution >= 4 is 0 Å². The van der Waals surface area contributed by atoms with Gasteiger partial charge in [0.2, 0.25) is 0 Å². The van der Waals surface area contributed by atoms with Crippen molar-refractivity contribution in [1.82, 2.24) is 0 Å². The Morgan fingerprint density at radius 2 is 1.78 bits per heavy atom. The minimum Gasteiger partial charge on any atom is -0.356 e. The smallest absolute Gasteiger partial charge is 0.154 e. The van der Waals surface area contributed by atoms with Crippen LogP contribution in [0.15, 0.2) is 0 Å². The minimum atomic E-state index is -0.0626. The topological polar surface area (TPSA) is 18.5 Å². The normalized spacial score (nSPS) is 14.3. The maximum Gasteiger partial charge on any atom is 0.154 e. The fourth-order valence-electron chi connectivity index (χ4n) is 0.396. The molecule has 0 aromatic rings. The Hall–Kier alpha value is -0.0800. The Balaban J connectivity index is 3.06. The molecule has 0 aliphatic heterocycles. The van der Waals surface area contributed by atoms with Crippen LogP contribution in [0.4, 0.5) is 0 Å². The highest BCUT2D eigenvalue weighted by molar-refractivity contribution is 4.39. The second-order valence-electron chi connectivity index (χ2n) is 2.53. The van der Waals surface area contributed by atoms with Crippen LogP contribution < -0.4 is 0 Å². The second-order valence-corrected chi connectivity index (χ2v) is 2.53. The summed E-state index contributed by atoms with van der Waals surface area (Å²) in [5.41, 5.74) is 0. The molecular weight excluding hydrogens is 116 g/mol. The SMILES string of the molecule is CO[C@H](C)OCC(C)C. The van der Waals surface area contributed by atoms with Gasteiger partial charge in [0, 0.05) is 7.11 Å². The maximum atomic E-state index is 5.23. The lowest BCUT2D eigenvalue weighted by Crippen LogP contribution is -2.13. The Morgan fingerprint density at radius 1 is 1.22 bits per heavy atom. The molecule has 2 heteroatoms. The number of rotatable bonds is 4. The molecule has 9 heavy (non-hydrogen) atoms. The van der Waals surface area contributed by atoms with Crippen LogP contribution in [0.2, 0.25) is 0 Å². The van der Waals surface area contributed by atoms with Crippen LogP contribution in [0.5, 0.6) is 0 Å². The third kappa shape index (κ3) is 5.80. The third-order valence-electron chi connectivity index (χ3n) is 0.996. The summed E-state index contributed by atoms with van der Waals surface area (Å²) >= 11 is 0. The Morgan fingerprint density at radius 3 is 2.11 bits per heavy atom. The monoisotopic (exact) mass is 132 g/mol. The van der Waals surface area contributed by atoms with Gasteiger partial charge in [-0.25, -0.2) is 0 Å². The third-order valence-corrected chi connectivity index (χ3v) is 0.996. The van der Waals surface area contributed by atoms with E-state index in [-0.39, 0.29) is 6.29 Å². The molecule has 0 bridgehead atoms. The van der Waals surface area contributed by atoms with E-state index in [9.17, 15) is 0 Å². The van der Waals surface area contributed by atoms with Crippen LogP contribution in [0.3, 0.4) is 0 Å². The van der Waals surface area contributed by atoms with E-state index in [4.69, 9.17) is 9.47 Å². The van der Waals surface area contributed by atoms with E-state index in [1.807, 2.05) is 6.92 Å². The average molecular weight is 132 g/mol. The Labute approximate surface area is 57.2 Å². The van der Waals surface area contributed by atoms with E-state index in [0.29, 0.717) is 5.92 Å². The first-order valence-corrected chi connectivity index (χ1v) is 3.31. The number of hydrogen-bond acceptors (Lipinski definition) is 2. The summed E-state index contributed by atoms with van der Waals surface area (Å²) in [6.45, 7) is 6.89. The molecule has 1 atom stereocenters. The first-order valence-electron chi connectivity index (χ1n) is 3.31. The summed E-state index contributed by atoms with van der Waals surface area (Å²) in [5, 5.41) is 0. The van der Waals surface area contributed by atoms with Crippen molar-refractivity contribution in [3.63, 3.8) is 0 Å². The van der Waals surface area contributed by atoms with Crippen molar-refractivity contribution in [2.24, 2.45) is 5.92 Å². The van der Waals surface area contributed by atoms with Crippen molar-refractivity contribution in [3.8, 4) is 0 Å². The standard InChI is InChI=1S/C7H16O2/c1-6(2)5-9-7(3)8-4/h6-7H,5H2,1-4H3/t7-/m0/s1. The van der Waals surface area contributed by atoms with Gasteiger partial charge in [-0.05, 0) is 12.8 Å². The number of hydrogen-bond donors (Lipinski definition) is 0. The molecule has 0 fully saturated rings. The first-order chi connectivity index (χ1) is 4.16. The van der Waals surface area contributed by atoms with Gasteiger partial charge in [0.1, 0.15) is 0 Å². The molecule has 0 saturated heterocycles. The highest BCUT2D eigenvalue weighted by Gasteiger charge is 1.99. The van der Waals surface area contributed by atoms with Crippen LogP contribution in [0, 0.1) is 5.92 Å². The van der Waals surface area contributed by atoms with Gasteiger partial charge in [-0.3, -0.25) is 0 Å². The summed E-state index contributed by atoms with van der Waals surface area (Å²) in [6, 6.07) is 0. The highest BCUT2D eigenvalue weighted by Crippen LogP contribution is 1.96. The molecule has 0 rings (SSSR count). The minimum absolute atomic E-state index is 0.0626. The van der Waals surface area contributed by atoms with E-state index in [1.54, 1.807) is 7.11 Å². The average Bonchev–Trinajstić information content (AvgIpc) is 1.83. The molecule has 0 unspecified atom stereocenters. The molecule has 0 spiro atoms. The molecule has 0 radical (unpaired) electrons. The van der Waals surface area contributed by atoms with Crippen molar-refractivity contribution in [2.45, 2.75) is 27.1 Å². The molecule has 0 N–H and O–H groups in total. The van der Waals surface area contributed by atoms with Crippen LogP contribution in [-0.4, -0.2) is 20.0 Å². The zero-order valence-electron chi connectivity index (χ0n) is 6.68. The molecule has 0 heterocycles. The number of methoxy groups -OCH3 is 1. The summed E-state index contributed by atoms with van der Waals surface area (Å²) in [7, 11) is 1.64. The lowest BCUT2D eigenvalue weighted by atomic mass is 10.2. The molecule has 2 nitrogen and oxygen atoms in total. The van der Waals surface area contributed by atoms with Crippen LogP contribution in [0.1, 0.15) is 20.8 Å². The summed E-state index contributed by atoms with van der Waals surface area (Å²) < 4.78 is 10.1. The van der Waals surface area contributed by atoms with Gasteiger partial charge in [0.25, 0.3) is 0 Å². The molecule has 0 aromatic carbocycles. The van der Waals surface area contributed by atoms with Crippen molar-refractivity contribution in [2.75, 3.05) is 13.7 Å². The van der Waals surface area contributed by atoms with Crippen LogP contribution >= 0.6 is 0 Å². The van der Waals surface area contributed by atoms with Gasteiger partial charge >= 0.3 is 0 Å². The molecule has 0 aromatic heterocycles. The Bertz CT molecular complexity index is 61.9. The van der Waals surface area contributed by atoms with Crippen molar-refractivity contribution in [1.29, 1.82) is 0 Å². The molecular formula is C7H16O2. The fourth-order valence-corrected chi connectivity index (χ4v) is 0.396. The molecule has 0 saturated carbocycles. The second kappa shape index (κ2) is 4.77. The van der Waals surface area contributed by atoms with Crippen molar-refractivity contribution in [3.05, 3.63) is 0 Å². The zero-order valence-corrected chi connectivity index (χ0v) is 6.68. The van der Waals surface area contributed by atoms with E-state index in [1.165, 1.54) is 0 Å². The first kappa shape index (κ1) is 8.92. The van der Waals surface area contributed by atoms with E-state index >= 15 is 0 Å². The van der Waals surface area contributed by atoms with Gasteiger partial charge in [-0.2, -0.15) is 0 Å². The summed E-state index contributed by atoms with van der Waals surface area (Å²) in [5.74, 6) is 0.586. The molecule has 56 valence electrons. The van der Waals surface area contributed by atoms with Gasteiger partial charge in [0.05, 0.1) is 6.61 Å². The van der Waals surface area contributed by atoms with E-state index < -0.39 is 0 Å². The van der Waals surface area contributed by atoms with Crippen LogP contribution in [0.25, 0.3) is 0 Å². The van der Waals surface area contributed by atoms with Crippen LogP contribution in [-0.2, 0) is 9.47 Å². The fraction of sp³-hybridized carbons (Fsp3) is 1.00. The zero-order chi connectivity index (χ0) is 7.28. The summed E-state index contributed by atoms with van der Waals surface area (Å²) in [6.07, 6.45) is -0.0626. The quantitative estimate of drug-likeness (QED) is 0.541. The largest absolute Gasteiger partial charge is 0.356 e. The lowest BCUT2D eigenvalue weighted by molar-refractivity contribution is -0.117. The van der Waals surface area contributed by atoms with Gasteiger partial charge in [-0.15, -0.1) is 0 Å².